The van der Waals surface area contributed by atoms with E-state index in [-0.39, 0.29) is 22.2 Å². The van der Waals surface area contributed by atoms with Gasteiger partial charge in [-0.15, -0.1) is 0 Å². The van der Waals surface area contributed by atoms with Crippen molar-refractivity contribution in [3.63, 3.8) is 0 Å². The molecule has 23 heavy (non-hydrogen) atoms. The number of hydrogen-bond donors (Lipinski definition) is 0. The normalized spacial score (nSPS) is 21.7. The molecule has 116 valence electrons. The topological polar surface area (TPSA) is 57.4 Å². The number of hydrogen-bond acceptors (Lipinski definition) is 4. The number of amides is 1. The minimum absolute atomic E-state index is 0.146. The summed E-state index contributed by atoms with van der Waals surface area (Å²) in [4.78, 5) is 20.5. The highest BCUT2D eigenvalue weighted by Gasteiger charge is 2.34. The van der Waals surface area contributed by atoms with E-state index in [0.717, 1.165) is 37.1 Å². The van der Waals surface area contributed by atoms with Crippen LogP contribution in [0.4, 0.5) is 4.39 Å². The van der Waals surface area contributed by atoms with Gasteiger partial charge in [-0.1, -0.05) is 17.7 Å². The van der Waals surface area contributed by atoms with Gasteiger partial charge < -0.3 is 0 Å². The SMILES string of the molecule is O=C1N=C2N=C3CCCCC3=NN2C1=Cc1c(F)cccc1Cl. The van der Waals surface area contributed by atoms with Crippen molar-refractivity contribution in [2.24, 2.45) is 15.1 Å². The van der Waals surface area contributed by atoms with Crippen molar-refractivity contribution in [3.8, 4) is 0 Å². The van der Waals surface area contributed by atoms with Gasteiger partial charge in [0.2, 0.25) is 0 Å². The Labute approximate surface area is 136 Å². The molecule has 0 atom stereocenters. The monoisotopic (exact) mass is 330 g/mol. The van der Waals surface area contributed by atoms with Gasteiger partial charge >= 0.3 is 0 Å². The van der Waals surface area contributed by atoms with Crippen molar-refractivity contribution in [1.29, 1.82) is 0 Å². The Balaban J connectivity index is 1.78. The van der Waals surface area contributed by atoms with Gasteiger partial charge in [-0.25, -0.2) is 9.38 Å². The Kier molecular flexibility index (Phi) is 3.34. The molecule has 0 N–H and O–H groups in total. The zero-order chi connectivity index (χ0) is 16.0. The minimum Gasteiger partial charge on any atom is -0.265 e. The number of rotatable bonds is 1. The molecule has 4 rings (SSSR count). The minimum atomic E-state index is -0.502. The average Bonchev–Trinajstić information content (AvgIpc) is 2.83. The molecule has 0 radical (unpaired) electrons. The van der Waals surface area contributed by atoms with E-state index >= 15 is 0 Å². The fraction of sp³-hybridized carbons (Fsp3) is 0.250. The van der Waals surface area contributed by atoms with Gasteiger partial charge in [0.1, 0.15) is 11.5 Å². The third-order valence-corrected chi connectivity index (χ3v) is 4.31. The van der Waals surface area contributed by atoms with Gasteiger partial charge in [0, 0.05) is 5.56 Å². The number of nitrogens with zero attached hydrogens (tertiary/aromatic N) is 4. The summed E-state index contributed by atoms with van der Waals surface area (Å²) >= 11 is 6.03. The molecule has 1 aromatic rings. The lowest BCUT2D eigenvalue weighted by molar-refractivity contribution is -0.114. The van der Waals surface area contributed by atoms with Crippen LogP contribution in [0.15, 0.2) is 39.0 Å². The number of benzene rings is 1. The van der Waals surface area contributed by atoms with Crippen LogP contribution < -0.4 is 0 Å². The number of halogens is 2. The molecule has 1 aromatic carbocycles. The number of aliphatic imine (C=N–C) groups is 2. The molecule has 0 aromatic heterocycles. The summed E-state index contributed by atoms with van der Waals surface area (Å²) in [5.74, 6) is -0.751. The Morgan fingerprint density at radius 3 is 2.74 bits per heavy atom. The Bertz CT molecular complexity index is 820. The first-order valence-corrected chi connectivity index (χ1v) is 7.75. The third-order valence-electron chi connectivity index (χ3n) is 3.99. The van der Waals surface area contributed by atoms with Crippen LogP contribution in [0.2, 0.25) is 5.02 Å². The van der Waals surface area contributed by atoms with Crippen LogP contribution in [0.1, 0.15) is 31.2 Å². The first-order valence-electron chi connectivity index (χ1n) is 7.38. The van der Waals surface area contributed by atoms with Crippen molar-refractivity contribution < 1.29 is 9.18 Å². The molecule has 3 aliphatic rings. The molecule has 0 spiro atoms. The predicted molar refractivity (Wildman–Crippen MR) is 87.0 cm³/mol. The van der Waals surface area contributed by atoms with Crippen molar-refractivity contribution in [1.82, 2.24) is 5.01 Å². The van der Waals surface area contributed by atoms with Gasteiger partial charge in [0.15, 0.2) is 0 Å². The van der Waals surface area contributed by atoms with Crippen LogP contribution in [0.3, 0.4) is 0 Å². The van der Waals surface area contributed by atoms with Crippen LogP contribution in [-0.2, 0) is 4.79 Å². The first-order chi connectivity index (χ1) is 11.1. The molecule has 1 fully saturated rings. The van der Waals surface area contributed by atoms with Gasteiger partial charge in [0.05, 0.1) is 16.4 Å². The number of fused-ring (bicyclic) bond motifs is 2. The van der Waals surface area contributed by atoms with E-state index in [1.807, 2.05) is 0 Å². The smallest absolute Gasteiger partial charge is 0.265 e. The predicted octanol–water partition coefficient (Wildman–Crippen LogP) is 3.40. The Morgan fingerprint density at radius 2 is 1.96 bits per heavy atom. The molecule has 7 heteroatoms. The second kappa shape index (κ2) is 5.38. The summed E-state index contributed by atoms with van der Waals surface area (Å²) in [5.41, 5.74) is 2.07. The van der Waals surface area contributed by atoms with Gasteiger partial charge in [-0.05, 0) is 43.9 Å². The van der Waals surface area contributed by atoms with Crippen LogP contribution in [-0.4, -0.2) is 28.3 Å². The second-order valence-corrected chi connectivity index (χ2v) is 5.91. The van der Waals surface area contributed by atoms with Gasteiger partial charge in [-0.2, -0.15) is 15.1 Å². The summed E-state index contributed by atoms with van der Waals surface area (Å²) in [7, 11) is 0. The molecule has 1 amide bonds. The maximum atomic E-state index is 14.0. The van der Waals surface area contributed by atoms with Crippen molar-refractivity contribution in [3.05, 3.63) is 40.3 Å². The maximum absolute atomic E-state index is 14.0. The average molecular weight is 331 g/mol. The number of guanidine groups is 1. The Hall–Kier alpha value is -2.34. The largest absolute Gasteiger partial charge is 0.299 e. The fourth-order valence-corrected chi connectivity index (χ4v) is 3.03. The zero-order valence-electron chi connectivity index (χ0n) is 12.1. The molecule has 1 aliphatic carbocycles. The fourth-order valence-electron chi connectivity index (χ4n) is 2.82. The number of hydrazone groups is 1. The van der Waals surface area contributed by atoms with Crippen molar-refractivity contribution in [2.75, 3.05) is 0 Å². The highest BCUT2D eigenvalue weighted by Crippen LogP contribution is 2.29. The van der Waals surface area contributed by atoms with Crippen LogP contribution >= 0.6 is 11.6 Å². The molecule has 0 bridgehead atoms. The lowest BCUT2D eigenvalue weighted by atomic mass is 9.96. The summed E-state index contributed by atoms with van der Waals surface area (Å²) in [6.07, 6.45) is 5.16. The van der Waals surface area contributed by atoms with Crippen LogP contribution in [0.25, 0.3) is 6.08 Å². The maximum Gasteiger partial charge on any atom is 0.299 e. The molecule has 5 nitrogen and oxygen atoms in total. The zero-order valence-corrected chi connectivity index (χ0v) is 12.8. The quantitative estimate of drug-likeness (QED) is 0.741. The summed E-state index contributed by atoms with van der Waals surface area (Å²) in [5, 5.41) is 6.10. The molecular weight excluding hydrogens is 319 g/mol. The standard InChI is InChI=1S/C16H12ClFN4O/c17-10-4-3-5-11(18)9(10)8-14-15(23)20-16-19-12-6-1-2-7-13(12)21-22(14)16/h3-5,8H,1-2,6-7H2. The van der Waals surface area contributed by atoms with Crippen molar-refractivity contribution >= 4 is 41.0 Å². The van der Waals surface area contributed by atoms with E-state index in [1.54, 1.807) is 6.07 Å². The third kappa shape index (κ3) is 2.39. The van der Waals surface area contributed by atoms with Crippen LogP contribution in [0.5, 0.6) is 0 Å². The van der Waals surface area contributed by atoms with E-state index in [9.17, 15) is 9.18 Å². The summed E-state index contributed by atoms with van der Waals surface area (Å²) < 4.78 is 14.0. The second-order valence-electron chi connectivity index (χ2n) is 5.51. The summed E-state index contributed by atoms with van der Waals surface area (Å²) in [6.45, 7) is 0. The molecule has 1 saturated carbocycles. The van der Waals surface area contributed by atoms with Crippen molar-refractivity contribution in [2.45, 2.75) is 25.7 Å². The Morgan fingerprint density at radius 1 is 1.17 bits per heavy atom. The van der Waals surface area contributed by atoms with E-state index in [0.29, 0.717) is 0 Å². The highest BCUT2D eigenvalue weighted by molar-refractivity contribution is 6.45. The lowest BCUT2D eigenvalue weighted by Crippen LogP contribution is -2.33. The highest BCUT2D eigenvalue weighted by atomic mass is 35.5. The molecule has 2 heterocycles. The lowest BCUT2D eigenvalue weighted by Gasteiger charge is -2.24. The molecule has 0 unspecified atom stereocenters. The van der Waals surface area contributed by atoms with E-state index in [1.165, 1.54) is 23.2 Å². The van der Waals surface area contributed by atoms with Crippen LogP contribution in [0, 0.1) is 5.82 Å². The molecule has 2 aliphatic heterocycles. The first kappa shape index (κ1) is 14.3. The van der Waals surface area contributed by atoms with E-state index in [4.69, 9.17) is 11.6 Å². The van der Waals surface area contributed by atoms with Gasteiger partial charge in [-0.3, -0.25) is 4.79 Å². The molecule has 0 saturated heterocycles. The van der Waals surface area contributed by atoms with E-state index < -0.39 is 11.7 Å². The van der Waals surface area contributed by atoms with E-state index in [2.05, 4.69) is 15.1 Å². The molecular formula is C16H12ClFN4O. The number of carbonyl (C=O) groups is 1. The van der Waals surface area contributed by atoms with Gasteiger partial charge in [0.25, 0.3) is 11.9 Å². The summed E-state index contributed by atoms with van der Waals surface area (Å²) in [6, 6.07) is 4.37. The number of carbonyl (C=O) groups excluding carboxylic acids is 1.